The van der Waals surface area contributed by atoms with E-state index in [-0.39, 0.29) is 0 Å². The number of nitrogens with two attached hydrogens (primary N) is 1. The third-order valence-electron chi connectivity index (χ3n) is 4.17. The van der Waals surface area contributed by atoms with Crippen LogP contribution in [0.1, 0.15) is 86.0 Å². The first kappa shape index (κ1) is 18.0. The highest BCUT2D eigenvalue weighted by Gasteiger charge is 2.23. The van der Waals surface area contributed by atoms with Gasteiger partial charge in [-0.2, -0.15) is 0 Å². The quantitative estimate of drug-likeness (QED) is 0.493. The summed E-state index contributed by atoms with van der Waals surface area (Å²) >= 11 is 0. The zero-order valence-corrected chi connectivity index (χ0v) is 13.5. The van der Waals surface area contributed by atoms with E-state index in [2.05, 4.69) is 34.6 Å². The Bertz CT molecular complexity index is 166. The van der Waals surface area contributed by atoms with Crippen LogP contribution in [0, 0.1) is 17.8 Å². The molecule has 110 valence electrons. The van der Waals surface area contributed by atoms with Crippen molar-refractivity contribution in [2.75, 3.05) is 0 Å². The first-order valence-corrected chi connectivity index (χ1v) is 8.26. The average Bonchev–Trinajstić information content (AvgIpc) is 2.26. The first-order valence-electron chi connectivity index (χ1n) is 8.26. The minimum absolute atomic E-state index is 0.403. The van der Waals surface area contributed by atoms with Crippen LogP contribution in [-0.4, -0.2) is 6.04 Å². The smallest absolute Gasteiger partial charge is 0.00720 e. The van der Waals surface area contributed by atoms with Crippen molar-refractivity contribution in [2.45, 2.75) is 92.0 Å². The highest BCUT2D eigenvalue weighted by Crippen LogP contribution is 2.26. The molecular formula is C17H37N. The fraction of sp³-hybridized carbons (Fsp3) is 1.00. The Morgan fingerprint density at radius 2 is 1.17 bits per heavy atom. The van der Waals surface area contributed by atoms with Crippen LogP contribution in [0.3, 0.4) is 0 Å². The molecule has 0 fully saturated rings. The normalized spacial score (nSPS) is 13.8. The fourth-order valence-electron chi connectivity index (χ4n) is 3.29. The summed E-state index contributed by atoms with van der Waals surface area (Å²) in [6.45, 7) is 11.5. The van der Waals surface area contributed by atoms with Crippen LogP contribution < -0.4 is 5.73 Å². The van der Waals surface area contributed by atoms with E-state index < -0.39 is 0 Å². The Balaban J connectivity index is 3.65. The van der Waals surface area contributed by atoms with Crippen LogP contribution in [0.2, 0.25) is 0 Å². The van der Waals surface area contributed by atoms with Crippen molar-refractivity contribution in [3.05, 3.63) is 0 Å². The van der Waals surface area contributed by atoms with Crippen molar-refractivity contribution in [1.82, 2.24) is 0 Å². The Morgan fingerprint density at radius 3 is 1.61 bits per heavy atom. The largest absolute Gasteiger partial charge is 0.327 e. The summed E-state index contributed by atoms with van der Waals surface area (Å²) in [5.74, 6) is 2.11. The molecule has 0 bridgehead atoms. The molecule has 1 unspecified atom stereocenters. The second kappa shape index (κ2) is 10.8. The maximum absolute atomic E-state index is 6.38. The highest BCUT2D eigenvalue weighted by atomic mass is 14.7. The van der Waals surface area contributed by atoms with E-state index in [0.29, 0.717) is 23.8 Å². The van der Waals surface area contributed by atoms with Gasteiger partial charge in [-0.1, -0.05) is 79.6 Å². The van der Waals surface area contributed by atoms with Gasteiger partial charge in [-0.15, -0.1) is 0 Å². The van der Waals surface area contributed by atoms with Crippen molar-refractivity contribution in [3.8, 4) is 0 Å². The van der Waals surface area contributed by atoms with Gasteiger partial charge in [0.1, 0.15) is 0 Å². The Morgan fingerprint density at radius 1 is 0.722 bits per heavy atom. The molecule has 0 aliphatic heterocycles. The van der Waals surface area contributed by atoms with Crippen molar-refractivity contribution in [2.24, 2.45) is 23.5 Å². The van der Waals surface area contributed by atoms with E-state index in [4.69, 9.17) is 5.73 Å². The molecular weight excluding hydrogens is 218 g/mol. The van der Waals surface area contributed by atoms with Gasteiger partial charge >= 0.3 is 0 Å². The maximum Gasteiger partial charge on any atom is 0.00720 e. The number of hydrogen-bond acceptors (Lipinski definition) is 1. The zero-order chi connectivity index (χ0) is 14.0. The van der Waals surface area contributed by atoms with E-state index in [9.17, 15) is 0 Å². The van der Waals surface area contributed by atoms with E-state index in [0.717, 1.165) is 0 Å². The van der Waals surface area contributed by atoms with Gasteiger partial charge in [0.2, 0.25) is 0 Å². The first-order chi connectivity index (χ1) is 8.50. The van der Waals surface area contributed by atoms with E-state index >= 15 is 0 Å². The monoisotopic (exact) mass is 255 g/mol. The molecule has 0 aromatic rings. The van der Waals surface area contributed by atoms with Crippen molar-refractivity contribution < 1.29 is 0 Å². The van der Waals surface area contributed by atoms with Crippen molar-refractivity contribution >= 4 is 0 Å². The molecule has 0 aromatic heterocycles. The van der Waals surface area contributed by atoms with Crippen LogP contribution in [0.5, 0.6) is 0 Å². The van der Waals surface area contributed by atoms with E-state index in [1.54, 1.807) is 0 Å². The molecule has 0 radical (unpaired) electrons. The summed E-state index contributed by atoms with van der Waals surface area (Å²) in [7, 11) is 0. The summed E-state index contributed by atoms with van der Waals surface area (Å²) < 4.78 is 0. The van der Waals surface area contributed by atoms with Crippen LogP contribution >= 0.6 is 0 Å². The third-order valence-corrected chi connectivity index (χ3v) is 4.17. The van der Waals surface area contributed by atoms with Gasteiger partial charge < -0.3 is 5.73 Å². The Labute approximate surface area is 116 Å². The maximum atomic E-state index is 6.38. The fourth-order valence-corrected chi connectivity index (χ4v) is 3.29. The molecule has 0 aliphatic carbocycles. The Kier molecular flexibility index (Phi) is 10.8. The molecule has 2 N–H and O–H groups in total. The second-order valence-corrected chi connectivity index (χ2v) is 6.64. The average molecular weight is 255 g/mol. The lowest BCUT2D eigenvalue weighted by atomic mass is 9.78. The predicted molar refractivity (Wildman–Crippen MR) is 83.8 cm³/mol. The third kappa shape index (κ3) is 8.13. The molecule has 0 aliphatic rings. The molecule has 0 heterocycles. The Hall–Kier alpha value is -0.0400. The summed E-state index contributed by atoms with van der Waals surface area (Å²) in [5, 5.41) is 0. The standard InChI is InChI=1S/C17H37N/c1-6-7-8-9-10-11-12-13-16(18)17(14(2)3)15(4)5/h14-17H,6-13,18H2,1-5H3. The molecule has 0 amide bonds. The highest BCUT2D eigenvalue weighted by molar-refractivity contribution is 4.78. The zero-order valence-electron chi connectivity index (χ0n) is 13.5. The topological polar surface area (TPSA) is 26.0 Å². The molecule has 0 rings (SSSR count). The van der Waals surface area contributed by atoms with Gasteiger partial charge in [-0.05, 0) is 24.2 Å². The number of hydrogen-bond donors (Lipinski definition) is 1. The predicted octanol–water partition coefficient (Wildman–Crippen LogP) is 5.38. The molecule has 0 aromatic carbocycles. The van der Waals surface area contributed by atoms with Crippen molar-refractivity contribution in [3.63, 3.8) is 0 Å². The molecule has 0 spiro atoms. The second-order valence-electron chi connectivity index (χ2n) is 6.64. The summed E-state index contributed by atoms with van der Waals surface area (Å²) in [4.78, 5) is 0. The van der Waals surface area contributed by atoms with E-state index in [1.165, 1.54) is 51.4 Å². The van der Waals surface area contributed by atoms with Crippen LogP contribution in [-0.2, 0) is 0 Å². The lowest BCUT2D eigenvalue weighted by Gasteiger charge is -2.31. The van der Waals surface area contributed by atoms with Gasteiger partial charge in [0.05, 0.1) is 0 Å². The lowest BCUT2D eigenvalue weighted by molar-refractivity contribution is 0.227. The van der Waals surface area contributed by atoms with Crippen molar-refractivity contribution in [1.29, 1.82) is 0 Å². The van der Waals surface area contributed by atoms with E-state index in [1.807, 2.05) is 0 Å². The molecule has 1 atom stereocenters. The lowest BCUT2D eigenvalue weighted by Crippen LogP contribution is -2.36. The van der Waals surface area contributed by atoms with Gasteiger partial charge in [-0.25, -0.2) is 0 Å². The molecule has 1 heteroatoms. The molecule has 0 saturated heterocycles. The van der Waals surface area contributed by atoms with Gasteiger partial charge in [0.15, 0.2) is 0 Å². The van der Waals surface area contributed by atoms with Gasteiger partial charge in [-0.3, -0.25) is 0 Å². The van der Waals surface area contributed by atoms with Gasteiger partial charge in [0.25, 0.3) is 0 Å². The molecule has 18 heavy (non-hydrogen) atoms. The minimum atomic E-state index is 0.403. The number of rotatable bonds is 11. The van der Waals surface area contributed by atoms with Crippen LogP contribution in [0.4, 0.5) is 0 Å². The molecule has 1 nitrogen and oxygen atoms in total. The number of unbranched alkanes of at least 4 members (excludes halogenated alkanes) is 6. The molecule has 0 saturated carbocycles. The summed E-state index contributed by atoms with van der Waals surface area (Å²) in [6, 6.07) is 0.403. The summed E-state index contributed by atoms with van der Waals surface area (Å²) in [6.07, 6.45) is 10.9. The van der Waals surface area contributed by atoms with Crippen LogP contribution in [0.15, 0.2) is 0 Å². The SMILES string of the molecule is CCCCCCCCCC(N)C(C(C)C)C(C)C. The van der Waals surface area contributed by atoms with Crippen LogP contribution in [0.25, 0.3) is 0 Å². The summed E-state index contributed by atoms with van der Waals surface area (Å²) in [5.41, 5.74) is 6.38. The van der Waals surface area contributed by atoms with Gasteiger partial charge in [0, 0.05) is 6.04 Å². The minimum Gasteiger partial charge on any atom is -0.327 e.